The second-order valence-electron chi connectivity index (χ2n) is 5.48. The van der Waals surface area contributed by atoms with E-state index in [-0.39, 0.29) is 17.6 Å². The van der Waals surface area contributed by atoms with E-state index in [0.717, 1.165) is 0 Å². The quantitative estimate of drug-likeness (QED) is 0.610. The minimum Gasteiger partial charge on any atom is -0.395 e. The van der Waals surface area contributed by atoms with Crippen LogP contribution >= 0.6 is 9.88 Å². The molecule has 1 aliphatic heterocycles. The minimum atomic E-state index is -0.789. The fourth-order valence-electron chi connectivity index (χ4n) is 1.08. The lowest BCUT2D eigenvalue weighted by atomic mass is 9.90. The summed E-state index contributed by atoms with van der Waals surface area (Å²) in [5.41, 5.74) is -0.365. The topological polar surface area (TPSA) is 18.5 Å². The van der Waals surface area contributed by atoms with Crippen molar-refractivity contribution in [3.63, 3.8) is 0 Å². The molecule has 1 rings (SSSR count). The van der Waals surface area contributed by atoms with Gasteiger partial charge in [0.1, 0.15) is 0 Å². The number of hydrogen-bond acceptors (Lipinski definition) is 2. The first-order chi connectivity index (χ1) is 5.56. The second-order valence-corrected chi connectivity index (χ2v) is 9.73. The molecule has 0 bridgehead atoms. The van der Waals surface area contributed by atoms with Crippen LogP contribution in [0.3, 0.4) is 0 Å². The predicted molar refractivity (Wildman–Crippen MR) is 61.4 cm³/mol. The van der Waals surface area contributed by atoms with Crippen LogP contribution in [-0.2, 0) is 9.31 Å². The summed E-state index contributed by atoms with van der Waals surface area (Å²) >= 11 is 0. The molecule has 0 aliphatic carbocycles. The van der Waals surface area contributed by atoms with Gasteiger partial charge in [0.05, 0.1) is 11.2 Å². The van der Waals surface area contributed by atoms with Crippen LogP contribution in [0.25, 0.3) is 0 Å². The third kappa shape index (κ3) is 2.05. The summed E-state index contributed by atoms with van der Waals surface area (Å²) in [6.07, 6.45) is 6.64. The molecule has 0 saturated carbocycles. The van der Waals surface area contributed by atoms with Gasteiger partial charge in [0.2, 0.25) is 0 Å². The first kappa shape index (κ1) is 11.4. The molecule has 78 valence electrons. The Morgan fingerprint density at radius 1 is 0.846 bits per heavy atom. The Morgan fingerprint density at radius 3 is 1.31 bits per heavy atom. The van der Waals surface area contributed by atoms with Crippen molar-refractivity contribution in [1.29, 1.82) is 0 Å². The van der Waals surface area contributed by atoms with Gasteiger partial charge in [-0.05, 0) is 46.5 Å². The Kier molecular flexibility index (Phi) is 2.55. The molecular weight excluding hydrogens is 183 g/mol. The maximum absolute atomic E-state index is 5.94. The molecule has 4 heteroatoms. The zero-order chi connectivity index (χ0) is 10.5. The molecule has 0 aromatic carbocycles. The van der Waals surface area contributed by atoms with E-state index in [2.05, 4.69) is 46.5 Å². The highest BCUT2D eigenvalue weighted by Gasteiger charge is 2.54. The van der Waals surface area contributed by atoms with Crippen LogP contribution in [-0.4, -0.2) is 36.4 Å². The molecule has 1 saturated heterocycles. The third-order valence-corrected chi connectivity index (χ3v) is 4.16. The smallest absolute Gasteiger partial charge is 0.395 e. The summed E-state index contributed by atoms with van der Waals surface area (Å²) in [5.74, 6) is 0. The lowest BCUT2D eigenvalue weighted by Gasteiger charge is -2.32. The van der Waals surface area contributed by atoms with Gasteiger partial charge in [-0.25, -0.2) is 9.88 Å². The van der Waals surface area contributed by atoms with Crippen LogP contribution in [0.4, 0.5) is 0 Å². The Balaban J connectivity index is 2.83. The molecule has 0 unspecified atom stereocenters. The summed E-state index contributed by atoms with van der Waals surface area (Å²) in [7, 11) is -0.789. The van der Waals surface area contributed by atoms with Crippen LogP contribution in [0.15, 0.2) is 0 Å². The zero-order valence-corrected chi connectivity index (χ0v) is 10.6. The molecule has 0 aromatic heterocycles. The summed E-state index contributed by atoms with van der Waals surface area (Å²) in [4.78, 5) is 0. The third-order valence-electron chi connectivity index (χ3n) is 2.81. The van der Waals surface area contributed by atoms with E-state index < -0.39 is 9.88 Å². The normalized spacial score (nSPS) is 27.8. The highest BCUT2D eigenvalue weighted by Crippen LogP contribution is 2.49. The molecule has 0 atom stereocenters. The van der Waals surface area contributed by atoms with E-state index in [4.69, 9.17) is 9.31 Å². The number of rotatable bonds is 1. The molecule has 0 aromatic rings. The Bertz CT molecular complexity index is 192. The van der Waals surface area contributed by atoms with Gasteiger partial charge in [-0.15, -0.1) is 0 Å². The number of hydrogen-bond donors (Lipinski definition) is 0. The van der Waals surface area contributed by atoms with E-state index >= 15 is 0 Å². The Hall–Kier alpha value is 0.335. The van der Waals surface area contributed by atoms with E-state index in [0.29, 0.717) is 0 Å². The monoisotopic (exact) mass is 204 g/mol. The Morgan fingerprint density at radius 2 is 1.15 bits per heavy atom. The maximum atomic E-state index is 5.94. The second kappa shape index (κ2) is 2.91. The fourth-order valence-corrected chi connectivity index (χ4v) is 2.14. The van der Waals surface area contributed by atoms with E-state index in [1.165, 1.54) is 0 Å². The van der Waals surface area contributed by atoms with Gasteiger partial charge in [0, 0.05) is 0 Å². The average molecular weight is 204 g/mol. The van der Waals surface area contributed by atoms with Gasteiger partial charge >= 0.3 is 6.40 Å². The van der Waals surface area contributed by atoms with Crippen LogP contribution in [0.2, 0.25) is 0 Å². The van der Waals surface area contributed by atoms with Crippen molar-refractivity contribution in [2.24, 2.45) is 0 Å². The zero-order valence-electron chi connectivity index (χ0n) is 9.80. The average Bonchev–Trinajstić information content (AvgIpc) is 2.00. The minimum absolute atomic E-state index is 0.0162. The summed E-state index contributed by atoms with van der Waals surface area (Å²) < 4.78 is 11.9. The van der Waals surface area contributed by atoms with E-state index in [1.54, 1.807) is 0 Å². The van der Waals surface area contributed by atoms with Crippen molar-refractivity contribution >= 4 is 16.3 Å². The molecule has 0 N–H and O–H groups in total. The molecular formula is C9H21BO2S. The van der Waals surface area contributed by atoms with E-state index in [1.807, 2.05) is 0 Å². The predicted octanol–water partition coefficient (Wildman–Crippen LogP) is 2.27. The largest absolute Gasteiger partial charge is 0.515 e. The first-order valence-electron chi connectivity index (χ1n) is 4.59. The van der Waals surface area contributed by atoms with Crippen molar-refractivity contribution in [1.82, 2.24) is 0 Å². The van der Waals surface area contributed by atoms with Crippen molar-refractivity contribution < 1.29 is 9.31 Å². The van der Waals surface area contributed by atoms with Crippen molar-refractivity contribution in [3.05, 3.63) is 0 Å². The van der Waals surface area contributed by atoms with Gasteiger partial charge in [-0.2, -0.15) is 0 Å². The molecule has 0 spiro atoms. The summed E-state index contributed by atoms with van der Waals surface area (Å²) in [6.45, 7) is 8.38. The molecule has 1 fully saturated rings. The van der Waals surface area contributed by atoms with Crippen LogP contribution in [0.1, 0.15) is 27.7 Å². The van der Waals surface area contributed by atoms with Crippen LogP contribution in [0, 0.1) is 0 Å². The Labute approximate surface area is 83.7 Å². The first-order valence-corrected chi connectivity index (χ1v) is 7.51. The maximum Gasteiger partial charge on any atom is 0.515 e. The lowest BCUT2D eigenvalue weighted by Crippen LogP contribution is -2.41. The molecule has 0 radical (unpaired) electrons. The fraction of sp³-hybridized carbons (Fsp3) is 1.00. The van der Waals surface area contributed by atoms with Crippen molar-refractivity contribution in [3.8, 4) is 0 Å². The van der Waals surface area contributed by atoms with Gasteiger partial charge in [0.15, 0.2) is 0 Å². The molecule has 2 nitrogen and oxygen atoms in total. The molecule has 13 heavy (non-hydrogen) atoms. The van der Waals surface area contributed by atoms with Crippen molar-refractivity contribution in [2.45, 2.75) is 38.9 Å². The molecule has 1 heterocycles. The van der Waals surface area contributed by atoms with Crippen molar-refractivity contribution in [2.75, 3.05) is 18.8 Å². The van der Waals surface area contributed by atoms with E-state index in [9.17, 15) is 0 Å². The van der Waals surface area contributed by atoms with Crippen LogP contribution in [0.5, 0.6) is 0 Å². The SMILES string of the molecule is CC1(C)OB(S(C)(C)C)OC1(C)C. The standard InChI is InChI=1S/C9H21BO2S/c1-8(2)9(3,4)12-10(11-8)13(5,6)7/h1-7H3. The molecule has 0 amide bonds. The van der Waals surface area contributed by atoms with Gasteiger partial charge < -0.3 is 9.31 Å². The molecule has 1 aliphatic rings. The highest BCUT2D eigenvalue weighted by molar-refractivity contribution is 8.52. The van der Waals surface area contributed by atoms with Gasteiger partial charge in [-0.3, -0.25) is 0 Å². The lowest BCUT2D eigenvalue weighted by molar-refractivity contribution is 0.00578. The summed E-state index contributed by atoms with van der Waals surface area (Å²) in [6, 6.07) is 0. The van der Waals surface area contributed by atoms with Gasteiger partial charge in [0.25, 0.3) is 0 Å². The summed E-state index contributed by atoms with van der Waals surface area (Å²) in [5, 5.41) is 0. The van der Waals surface area contributed by atoms with Gasteiger partial charge in [-0.1, -0.05) is 0 Å². The van der Waals surface area contributed by atoms with Crippen LogP contribution < -0.4 is 0 Å². The highest BCUT2D eigenvalue weighted by atomic mass is 32.3.